The average Bonchev–Trinajstić information content (AvgIpc) is 2.46. The fraction of sp³-hybridized carbons (Fsp3) is 0.111. The van der Waals surface area contributed by atoms with Crippen LogP contribution < -0.4 is 10.6 Å². The molecule has 1 heterocycles. The second kappa shape index (κ2) is 3.42. The molecule has 14 heavy (non-hydrogen) atoms. The Morgan fingerprint density at radius 3 is 2.50 bits per heavy atom. The van der Waals surface area contributed by atoms with E-state index >= 15 is 0 Å². The number of hydrogen-bond acceptors (Lipinski definition) is 2. The summed E-state index contributed by atoms with van der Waals surface area (Å²) in [5, 5.41) is 4.71. The Morgan fingerprint density at radius 2 is 1.93 bits per heavy atom. The summed E-state index contributed by atoms with van der Waals surface area (Å²) in [7, 11) is 0. The highest BCUT2D eigenvalue weighted by Crippen LogP contribution is 2.24. The molecule has 0 unspecified atom stereocenters. The third-order valence-corrected chi connectivity index (χ3v) is 2.71. The van der Waals surface area contributed by atoms with Gasteiger partial charge in [0.15, 0.2) is 0 Å². The maximum atomic E-state index is 11.3. The number of hydrogen-bond donors (Lipinski definition) is 2. The van der Waals surface area contributed by atoms with Crippen LogP contribution in [0.3, 0.4) is 0 Å². The fourth-order valence-electron chi connectivity index (χ4n) is 1.34. The summed E-state index contributed by atoms with van der Waals surface area (Å²) in [6.45, 7) is 0. The minimum atomic E-state index is -0.585. The van der Waals surface area contributed by atoms with Gasteiger partial charge >= 0.3 is 6.03 Å². The lowest BCUT2D eigenvalue weighted by Gasteiger charge is -2.08. The van der Waals surface area contributed by atoms with Gasteiger partial charge in [0.25, 0.3) is 5.91 Å². The molecule has 1 atom stereocenters. The highest BCUT2D eigenvalue weighted by molar-refractivity contribution is 9.10. The predicted octanol–water partition coefficient (Wildman–Crippen LogP) is 1.33. The number of carbonyl (C=O) groups excluding carboxylic acids is 2. The first-order valence-corrected chi connectivity index (χ1v) is 4.83. The van der Waals surface area contributed by atoms with Crippen LogP contribution in [-0.4, -0.2) is 11.9 Å². The first-order chi connectivity index (χ1) is 6.68. The molecular weight excluding hydrogens is 248 g/mol. The number of amides is 3. The molecule has 1 aromatic carbocycles. The van der Waals surface area contributed by atoms with Crippen LogP contribution in [0.2, 0.25) is 0 Å². The highest BCUT2D eigenvalue weighted by atomic mass is 79.9. The van der Waals surface area contributed by atoms with Crippen molar-refractivity contribution in [3.05, 3.63) is 34.3 Å². The monoisotopic (exact) mass is 254 g/mol. The molecule has 1 saturated heterocycles. The minimum Gasteiger partial charge on any atom is -0.322 e. The van der Waals surface area contributed by atoms with E-state index in [1.165, 1.54) is 0 Å². The van der Waals surface area contributed by atoms with Crippen molar-refractivity contribution in [2.24, 2.45) is 0 Å². The zero-order chi connectivity index (χ0) is 10.1. The molecule has 72 valence electrons. The second-order valence-electron chi connectivity index (χ2n) is 2.92. The zero-order valence-corrected chi connectivity index (χ0v) is 8.67. The molecule has 0 spiro atoms. The summed E-state index contributed by atoms with van der Waals surface area (Å²) in [4.78, 5) is 22.2. The van der Waals surface area contributed by atoms with E-state index in [1.54, 1.807) is 6.07 Å². The van der Waals surface area contributed by atoms with Crippen LogP contribution in [0.15, 0.2) is 28.7 Å². The summed E-state index contributed by atoms with van der Waals surface area (Å²) in [5.74, 6) is -0.318. The molecule has 1 aliphatic heterocycles. The first kappa shape index (κ1) is 9.21. The topological polar surface area (TPSA) is 58.2 Å². The van der Waals surface area contributed by atoms with Crippen molar-refractivity contribution < 1.29 is 9.59 Å². The molecule has 0 bridgehead atoms. The van der Waals surface area contributed by atoms with E-state index in [0.717, 1.165) is 10.0 Å². The Labute approximate surface area is 88.8 Å². The predicted molar refractivity (Wildman–Crippen MR) is 53.6 cm³/mol. The van der Waals surface area contributed by atoms with Crippen LogP contribution in [0.5, 0.6) is 0 Å². The molecule has 0 saturated carbocycles. The molecule has 1 aromatic rings. The van der Waals surface area contributed by atoms with Crippen molar-refractivity contribution in [1.29, 1.82) is 0 Å². The Bertz CT molecular complexity index is 406. The van der Waals surface area contributed by atoms with Crippen molar-refractivity contribution in [1.82, 2.24) is 10.6 Å². The van der Waals surface area contributed by atoms with Crippen molar-refractivity contribution in [3.63, 3.8) is 0 Å². The third-order valence-electron chi connectivity index (χ3n) is 1.99. The number of halogens is 1. The summed E-state index contributed by atoms with van der Waals surface area (Å²) in [6.07, 6.45) is 0. The van der Waals surface area contributed by atoms with Gasteiger partial charge in [0, 0.05) is 4.47 Å². The van der Waals surface area contributed by atoms with E-state index in [4.69, 9.17) is 0 Å². The molecule has 4 nitrogen and oxygen atoms in total. The van der Waals surface area contributed by atoms with Crippen LogP contribution in [-0.2, 0) is 4.79 Å². The van der Waals surface area contributed by atoms with Crippen LogP contribution in [0.4, 0.5) is 4.79 Å². The van der Waals surface area contributed by atoms with Gasteiger partial charge in [-0.05, 0) is 11.6 Å². The average molecular weight is 255 g/mol. The molecule has 1 aliphatic rings. The van der Waals surface area contributed by atoms with Crippen LogP contribution in [0.1, 0.15) is 11.6 Å². The first-order valence-electron chi connectivity index (χ1n) is 4.04. The van der Waals surface area contributed by atoms with Crippen molar-refractivity contribution in [2.45, 2.75) is 6.04 Å². The van der Waals surface area contributed by atoms with Gasteiger partial charge in [-0.1, -0.05) is 34.1 Å². The number of carbonyl (C=O) groups is 2. The molecular formula is C9H7BrN2O2. The third kappa shape index (κ3) is 1.50. The SMILES string of the molecule is O=C1NC(=O)[C@H](c2ccccc2Br)N1. The Morgan fingerprint density at radius 1 is 1.21 bits per heavy atom. The summed E-state index contributed by atoms with van der Waals surface area (Å²) in [6, 6.07) is 6.25. The van der Waals surface area contributed by atoms with E-state index in [2.05, 4.69) is 26.6 Å². The maximum absolute atomic E-state index is 11.3. The maximum Gasteiger partial charge on any atom is 0.322 e. The van der Waals surface area contributed by atoms with Gasteiger partial charge in [0.2, 0.25) is 0 Å². The molecule has 3 amide bonds. The number of nitrogens with one attached hydrogen (secondary N) is 2. The van der Waals surface area contributed by atoms with Crippen molar-refractivity contribution in [2.75, 3.05) is 0 Å². The van der Waals surface area contributed by atoms with Gasteiger partial charge in [0.05, 0.1) is 0 Å². The van der Waals surface area contributed by atoms with Gasteiger partial charge in [0.1, 0.15) is 6.04 Å². The van der Waals surface area contributed by atoms with Crippen LogP contribution in [0.25, 0.3) is 0 Å². The number of urea groups is 1. The molecule has 5 heteroatoms. The number of benzene rings is 1. The van der Waals surface area contributed by atoms with Gasteiger partial charge < -0.3 is 5.32 Å². The van der Waals surface area contributed by atoms with E-state index in [-0.39, 0.29) is 5.91 Å². The van der Waals surface area contributed by atoms with E-state index in [1.807, 2.05) is 18.2 Å². The van der Waals surface area contributed by atoms with Crippen molar-refractivity contribution in [3.8, 4) is 0 Å². The molecule has 0 aromatic heterocycles. The molecule has 0 aliphatic carbocycles. The van der Waals surface area contributed by atoms with E-state index < -0.39 is 12.1 Å². The van der Waals surface area contributed by atoms with Crippen LogP contribution >= 0.6 is 15.9 Å². The Balaban J connectivity index is 2.36. The number of rotatable bonds is 1. The molecule has 1 fully saturated rings. The van der Waals surface area contributed by atoms with Crippen molar-refractivity contribution >= 4 is 27.9 Å². The number of imide groups is 1. The van der Waals surface area contributed by atoms with Gasteiger partial charge in [-0.2, -0.15) is 0 Å². The molecule has 2 rings (SSSR count). The Kier molecular flexibility index (Phi) is 2.25. The van der Waals surface area contributed by atoms with E-state index in [0.29, 0.717) is 0 Å². The normalized spacial score (nSPS) is 20.5. The van der Waals surface area contributed by atoms with Gasteiger partial charge in [-0.25, -0.2) is 4.79 Å². The Hall–Kier alpha value is -1.36. The lowest BCUT2D eigenvalue weighted by Crippen LogP contribution is -2.22. The summed E-state index contributed by atoms with van der Waals surface area (Å²) < 4.78 is 0.808. The standard InChI is InChI=1S/C9H7BrN2O2/c10-6-4-2-1-3-5(6)7-8(13)12-9(14)11-7/h1-4,7H,(H2,11,12,13,14)/t7-/m0/s1. The van der Waals surface area contributed by atoms with Crippen LogP contribution in [0, 0.1) is 0 Å². The second-order valence-corrected chi connectivity index (χ2v) is 3.77. The zero-order valence-electron chi connectivity index (χ0n) is 7.08. The highest BCUT2D eigenvalue weighted by Gasteiger charge is 2.31. The quantitative estimate of drug-likeness (QED) is 0.744. The fourth-order valence-corrected chi connectivity index (χ4v) is 1.86. The lowest BCUT2D eigenvalue weighted by molar-refractivity contribution is -0.120. The lowest BCUT2D eigenvalue weighted by atomic mass is 10.1. The van der Waals surface area contributed by atoms with Gasteiger partial charge in [-0.15, -0.1) is 0 Å². The van der Waals surface area contributed by atoms with Gasteiger partial charge in [-0.3, -0.25) is 10.1 Å². The molecule has 2 N–H and O–H groups in total. The smallest absolute Gasteiger partial charge is 0.322 e. The molecule has 0 radical (unpaired) electrons. The largest absolute Gasteiger partial charge is 0.322 e. The summed E-state index contributed by atoms with van der Waals surface area (Å²) in [5.41, 5.74) is 0.760. The van der Waals surface area contributed by atoms with E-state index in [9.17, 15) is 9.59 Å². The minimum absolute atomic E-state index is 0.318. The summed E-state index contributed by atoms with van der Waals surface area (Å²) >= 11 is 3.32.